The van der Waals surface area contributed by atoms with Crippen LogP contribution in [0.1, 0.15) is 34.5 Å². The molecule has 0 bridgehead atoms. The standard InChI is InChI=1S/C12H12Br2O4/c1-6(15)10(14)9-3-2-7(4-8(9)5-13)11(16)12(17)18/h2-4,10-11,16H,5H2,1H3,(H,17,18). The third-order valence-electron chi connectivity index (χ3n) is 2.49. The van der Waals surface area contributed by atoms with Crippen LogP contribution >= 0.6 is 31.9 Å². The fourth-order valence-corrected chi connectivity index (χ4v) is 2.45. The minimum atomic E-state index is -1.55. The first-order valence-corrected chi connectivity index (χ1v) is 7.16. The average Bonchev–Trinajstić information content (AvgIpc) is 2.35. The van der Waals surface area contributed by atoms with E-state index in [1.807, 2.05) is 0 Å². The zero-order valence-corrected chi connectivity index (χ0v) is 12.7. The van der Waals surface area contributed by atoms with Crippen molar-refractivity contribution >= 4 is 43.6 Å². The van der Waals surface area contributed by atoms with Crippen LogP contribution in [-0.2, 0) is 14.9 Å². The summed E-state index contributed by atoms with van der Waals surface area (Å²) in [4.78, 5) is 21.6. The van der Waals surface area contributed by atoms with E-state index in [1.165, 1.54) is 13.0 Å². The minimum absolute atomic E-state index is 0.0382. The van der Waals surface area contributed by atoms with Gasteiger partial charge in [-0.2, -0.15) is 0 Å². The topological polar surface area (TPSA) is 74.6 Å². The van der Waals surface area contributed by atoms with Crippen LogP contribution in [0.25, 0.3) is 0 Å². The summed E-state index contributed by atoms with van der Waals surface area (Å²) < 4.78 is 0. The number of halogens is 2. The number of hydrogen-bond acceptors (Lipinski definition) is 3. The summed E-state index contributed by atoms with van der Waals surface area (Å²) in [5.41, 5.74) is 1.83. The zero-order valence-electron chi connectivity index (χ0n) is 9.56. The third-order valence-corrected chi connectivity index (χ3v) is 4.23. The van der Waals surface area contributed by atoms with Gasteiger partial charge in [-0.05, 0) is 23.6 Å². The number of alkyl halides is 2. The summed E-state index contributed by atoms with van der Waals surface area (Å²) in [6.07, 6.45) is -1.55. The van der Waals surface area contributed by atoms with E-state index in [0.29, 0.717) is 10.9 Å². The third kappa shape index (κ3) is 3.40. The largest absolute Gasteiger partial charge is 0.479 e. The van der Waals surface area contributed by atoms with E-state index in [2.05, 4.69) is 31.9 Å². The molecule has 1 aromatic carbocycles. The van der Waals surface area contributed by atoms with Gasteiger partial charge in [-0.15, -0.1) is 0 Å². The number of Topliss-reactive ketones (excluding diaryl/α,β-unsaturated/α-hetero) is 1. The number of ketones is 1. The van der Waals surface area contributed by atoms with Gasteiger partial charge >= 0.3 is 5.97 Å². The van der Waals surface area contributed by atoms with Crippen molar-refractivity contribution < 1.29 is 19.8 Å². The summed E-state index contributed by atoms with van der Waals surface area (Å²) >= 11 is 6.57. The second kappa shape index (κ2) is 6.45. The number of benzene rings is 1. The number of carboxylic acid groups (broad SMARTS) is 1. The highest BCUT2D eigenvalue weighted by Gasteiger charge is 2.20. The molecule has 4 nitrogen and oxygen atoms in total. The Balaban J connectivity index is 3.19. The Morgan fingerprint density at radius 1 is 1.39 bits per heavy atom. The molecule has 2 unspecified atom stereocenters. The van der Waals surface area contributed by atoms with Crippen molar-refractivity contribution in [1.29, 1.82) is 0 Å². The molecule has 0 aromatic heterocycles. The van der Waals surface area contributed by atoms with Gasteiger partial charge in [0.2, 0.25) is 0 Å². The molecule has 1 aromatic rings. The zero-order chi connectivity index (χ0) is 13.9. The number of hydrogen-bond donors (Lipinski definition) is 2. The number of carboxylic acids is 1. The fourth-order valence-electron chi connectivity index (χ4n) is 1.52. The van der Waals surface area contributed by atoms with E-state index in [-0.39, 0.29) is 5.78 Å². The highest BCUT2D eigenvalue weighted by atomic mass is 79.9. The van der Waals surface area contributed by atoms with Crippen LogP contribution in [-0.4, -0.2) is 22.0 Å². The van der Waals surface area contributed by atoms with Crippen molar-refractivity contribution in [2.24, 2.45) is 0 Å². The van der Waals surface area contributed by atoms with E-state index in [1.54, 1.807) is 12.1 Å². The molecule has 0 saturated heterocycles. The molecule has 6 heteroatoms. The molecule has 0 radical (unpaired) electrons. The van der Waals surface area contributed by atoms with E-state index < -0.39 is 16.9 Å². The lowest BCUT2D eigenvalue weighted by Crippen LogP contribution is -2.12. The molecule has 2 atom stereocenters. The Morgan fingerprint density at radius 2 is 2.00 bits per heavy atom. The second-order valence-electron chi connectivity index (χ2n) is 3.81. The highest BCUT2D eigenvalue weighted by molar-refractivity contribution is 9.09. The Morgan fingerprint density at radius 3 is 2.44 bits per heavy atom. The molecule has 0 saturated carbocycles. The van der Waals surface area contributed by atoms with Crippen LogP contribution in [0.2, 0.25) is 0 Å². The molecule has 0 spiro atoms. The molecule has 0 amide bonds. The molecule has 2 N–H and O–H groups in total. The number of rotatable bonds is 5. The van der Waals surface area contributed by atoms with E-state index in [0.717, 1.165) is 11.1 Å². The quantitative estimate of drug-likeness (QED) is 0.771. The van der Waals surface area contributed by atoms with Gasteiger partial charge in [-0.1, -0.05) is 50.1 Å². The smallest absolute Gasteiger partial charge is 0.337 e. The predicted octanol–water partition coefficient (Wildman–Crippen LogP) is 2.72. The molecule has 0 aliphatic rings. The Bertz CT molecular complexity index is 473. The summed E-state index contributed by atoms with van der Waals surface area (Å²) in [5.74, 6) is -1.34. The lowest BCUT2D eigenvalue weighted by molar-refractivity contribution is -0.147. The van der Waals surface area contributed by atoms with E-state index in [9.17, 15) is 14.7 Å². The first-order chi connectivity index (χ1) is 8.38. The maximum atomic E-state index is 11.3. The lowest BCUT2D eigenvalue weighted by atomic mass is 9.98. The van der Waals surface area contributed by atoms with Gasteiger partial charge in [0.15, 0.2) is 6.10 Å². The molecule has 0 aliphatic carbocycles. The van der Waals surface area contributed by atoms with Crippen LogP contribution in [0.4, 0.5) is 0 Å². The summed E-state index contributed by atoms with van der Waals surface area (Å²) in [7, 11) is 0. The molecule has 0 fully saturated rings. The van der Waals surface area contributed by atoms with Crippen LogP contribution < -0.4 is 0 Å². The molecule has 0 heterocycles. The number of carbonyl (C=O) groups excluding carboxylic acids is 1. The highest BCUT2D eigenvalue weighted by Crippen LogP contribution is 2.30. The molecule has 1 rings (SSSR count). The van der Waals surface area contributed by atoms with Gasteiger partial charge in [0, 0.05) is 5.33 Å². The van der Waals surface area contributed by atoms with Gasteiger partial charge in [-0.25, -0.2) is 4.79 Å². The molecule has 98 valence electrons. The van der Waals surface area contributed by atoms with E-state index >= 15 is 0 Å². The van der Waals surface area contributed by atoms with Gasteiger partial charge in [0.1, 0.15) is 5.78 Å². The van der Waals surface area contributed by atoms with Crippen molar-refractivity contribution in [2.75, 3.05) is 0 Å². The lowest BCUT2D eigenvalue weighted by Gasteiger charge is -2.14. The molecule has 0 aliphatic heterocycles. The number of aliphatic hydroxyl groups excluding tert-OH is 1. The molecular formula is C12H12Br2O4. The fraction of sp³-hybridized carbons (Fsp3) is 0.333. The van der Waals surface area contributed by atoms with Crippen molar-refractivity contribution in [2.45, 2.75) is 23.2 Å². The monoisotopic (exact) mass is 378 g/mol. The van der Waals surface area contributed by atoms with Crippen LogP contribution in [0, 0.1) is 0 Å². The van der Waals surface area contributed by atoms with Crippen molar-refractivity contribution in [3.05, 3.63) is 34.9 Å². The van der Waals surface area contributed by atoms with Crippen LogP contribution in [0.5, 0.6) is 0 Å². The van der Waals surface area contributed by atoms with Crippen LogP contribution in [0.15, 0.2) is 18.2 Å². The number of aliphatic carboxylic acids is 1. The summed E-state index contributed by atoms with van der Waals surface area (Å²) in [6, 6.07) is 4.75. The van der Waals surface area contributed by atoms with E-state index in [4.69, 9.17) is 5.11 Å². The normalized spacial score (nSPS) is 14.0. The maximum Gasteiger partial charge on any atom is 0.337 e. The SMILES string of the molecule is CC(=O)C(Br)c1ccc(C(O)C(=O)O)cc1CBr. The van der Waals surface area contributed by atoms with Crippen molar-refractivity contribution in [3.63, 3.8) is 0 Å². The average molecular weight is 380 g/mol. The minimum Gasteiger partial charge on any atom is -0.479 e. The first-order valence-electron chi connectivity index (χ1n) is 5.12. The summed E-state index contributed by atoms with van der Waals surface area (Å²) in [6.45, 7) is 1.47. The van der Waals surface area contributed by atoms with Gasteiger partial charge < -0.3 is 10.2 Å². The maximum absolute atomic E-state index is 11.3. The second-order valence-corrected chi connectivity index (χ2v) is 5.28. The molecular weight excluding hydrogens is 368 g/mol. The van der Waals surface area contributed by atoms with Gasteiger partial charge in [0.05, 0.1) is 4.83 Å². The van der Waals surface area contributed by atoms with Gasteiger partial charge in [-0.3, -0.25) is 4.79 Å². The predicted molar refractivity (Wildman–Crippen MR) is 74.0 cm³/mol. The van der Waals surface area contributed by atoms with Crippen molar-refractivity contribution in [1.82, 2.24) is 0 Å². The summed E-state index contributed by atoms with van der Waals surface area (Å²) in [5, 5.41) is 18.7. The number of aliphatic hydroxyl groups is 1. The molecule has 18 heavy (non-hydrogen) atoms. The first kappa shape index (κ1) is 15.3. The Hall–Kier alpha value is -0.720. The Kier molecular flexibility index (Phi) is 5.49. The Labute approximate surface area is 121 Å². The van der Waals surface area contributed by atoms with Crippen molar-refractivity contribution in [3.8, 4) is 0 Å². The van der Waals surface area contributed by atoms with Gasteiger partial charge in [0.25, 0.3) is 0 Å². The number of carbonyl (C=O) groups is 2. The van der Waals surface area contributed by atoms with Crippen LogP contribution in [0.3, 0.4) is 0 Å².